The molecule has 0 aliphatic heterocycles. The van der Waals surface area contributed by atoms with E-state index < -0.39 is 0 Å². The van der Waals surface area contributed by atoms with Crippen LogP contribution < -0.4 is 14.2 Å². The van der Waals surface area contributed by atoms with Crippen molar-refractivity contribution in [3.05, 3.63) is 53.2 Å². The average molecular weight is 352 g/mol. The van der Waals surface area contributed by atoms with Gasteiger partial charge in [-0.25, -0.2) is 0 Å². The molecule has 2 aromatic carbocycles. The van der Waals surface area contributed by atoms with Crippen molar-refractivity contribution in [3.63, 3.8) is 0 Å². The van der Waals surface area contributed by atoms with Gasteiger partial charge in [-0.3, -0.25) is 4.79 Å². The van der Waals surface area contributed by atoms with Gasteiger partial charge in [0.15, 0.2) is 11.5 Å². The minimum absolute atomic E-state index is 0.589. The Hall–Kier alpha value is -2.95. The molecular formula is C21H22NO4. The molecule has 1 heterocycles. The van der Waals surface area contributed by atoms with Gasteiger partial charge in [-0.15, -0.1) is 0 Å². The van der Waals surface area contributed by atoms with Crippen LogP contribution in [0.1, 0.15) is 16.8 Å². The summed E-state index contributed by atoms with van der Waals surface area (Å²) in [6.07, 6.45) is 2.88. The summed E-state index contributed by atoms with van der Waals surface area (Å²) in [7, 11) is 4.87. The summed E-state index contributed by atoms with van der Waals surface area (Å²) in [5.41, 5.74) is 3.63. The van der Waals surface area contributed by atoms with Gasteiger partial charge in [0, 0.05) is 23.1 Å². The molecule has 0 spiro atoms. The second-order valence-electron chi connectivity index (χ2n) is 6.04. The van der Waals surface area contributed by atoms with Crippen molar-refractivity contribution >= 4 is 17.2 Å². The van der Waals surface area contributed by atoms with Crippen molar-refractivity contribution in [1.29, 1.82) is 0 Å². The fourth-order valence-corrected chi connectivity index (χ4v) is 3.28. The third kappa shape index (κ3) is 3.12. The second-order valence-corrected chi connectivity index (χ2v) is 6.04. The number of benzene rings is 2. The maximum Gasteiger partial charge on any atom is 0.236 e. The van der Waals surface area contributed by atoms with E-state index in [-0.39, 0.29) is 0 Å². The molecule has 0 N–H and O–H groups in total. The standard InChI is InChI=1S/C21H22NO4/c1-14-18(13-23)17-12-16(24-2)6-7-19(17)22(14)10-9-15-5-8-20(25-3)21(11-15)26-4/h5-8,11-12H,9-10H2,1-4H3. The molecule has 0 aliphatic carbocycles. The lowest BCUT2D eigenvalue weighted by molar-refractivity contribution is 0.354. The van der Waals surface area contributed by atoms with Crippen LogP contribution in [0.25, 0.3) is 10.9 Å². The minimum atomic E-state index is 0.589. The lowest BCUT2D eigenvalue weighted by Crippen LogP contribution is -2.04. The maximum absolute atomic E-state index is 11.5. The van der Waals surface area contributed by atoms with Gasteiger partial charge in [0.1, 0.15) is 5.75 Å². The van der Waals surface area contributed by atoms with E-state index in [9.17, 15) is 4.79 Å². The molecule has 5 nitrogen and oxygen atoms in total. The Morgan fingerprint density at radius 3 is 2.38 bits per heavy atom. The van der Waals surface area contributed by atoms with E-state index in [2.05, 4.69) is 10.9 Å². The highest BCUT2D eigenvalue weighted by molar-refractivity contribution is 6.00. The molecule has 0 atom stereocenters. The molecule has 0 saturated heterocycles. The number of hydrogen-bond acceptors (Lipinski definition) is 4. The number of hydrogen-bond donors (Lipinski definition) is 0. The lowest BCUT2D eigenvalue weighted by Gasteiger charge is -2.12. The third-order valence-corrected chi connectivity index (χ3v) is 4.70. The molecule has 0 saturated carbocycles. The Bertz CT molecular complexity index is 943. The predicted molar refractivity (Wildman–Crippen MR) is 101 cm³/mol. The highest BCUT2D eigenvalue weighted by Gasteiger charge is 2.15. The van der Waals surface area contributed by atoms with Gasteiger partial charge < -0.3 is 18.8 Å². The molecule has 0 unspecified atom stereocenters. The van der Waals surface area contributed by atoms with Gasteiger partial charge >= 0.3 is 0 Å². The van der Waals surface area contributed by atoms with E-state index >= 15 is 0 Å². The summed E-state index contributed by atoms with van der Waals surface area (Å²) in [6, 6.07) is 11.7. The summed E-state index contributed by atoms with van der Waals surface area (Å²) in [6.45, 7) is 2.69. The normalized spacial score (nSPS) is 10.8. The SMILES string of the molecule is COc1ccc2c(c1)c([C]=O)c(C)n2CCc1ccc(OC)c(OC)c1. The molecule has 1 aromatic heterocycles. The first-order chi connectivity index (χ1) is 12.6. The van der Waals surface area contributed by atoms with Crippen molar-refractivity contribution in [1.82, 2.24) is 4.57 Å². The average Bonchev–Trinajstić information content (AvgIpc) is 2.95. The highest BCUT2D eigenvalue weighted by atomic mass is 16.5. The quantitative estimate of drug-likeness (QED) is 0.651. The summed E-state index contributed by atoms with van der Waals surface area (Å²) in [5, 5.41) is 0.865. The molecule has 0 aliphatic rings. The number of methoxy groups -OCH3 is 3. The summed E-state index contributed by atoms with van der Waals surface area (Å²) < 4.78 is 18.1. The van der Waals surface area contributed by atoms with Crippen molar-refractivity contribution in [2.24, 2.45) is 0 Å². The third-order valence-electron chi connectivity index (χ3n) is 4.70. The Kier molecular flexibility index (Phi) is 5.16. The van der Waals surface area contributed by atoms with Crippen LogP contribution in [0.4, 0.5) is 0 Å². The summed E-state index contributed by atoms with van der Waals surface area (Å²) in [4.78, 5) is 11.5. The van der Waals surface area contributed by atoms with Gasteiger partial charge in [0.25, 0.3) is 0 Å². The Morgan fingerprint density at radius 2 is 1.73 bits per heavy atom. The second kappa shape index (κ2) is 7.52. The Morgan fingerprint density at radius 1 is 0.962 bits per heavy atom. The van der Waals surface area contributed by atoms with E-state index in [1.54, 1.807) is 21.3 Å². The van der Waals surface area contributed by atoms with Crippen LogP contribution in [-0.4, -0.2) is 32.2 Å². The van der Waals surface area contributed by atoms with Crippen LogP contribution in [0.5, 0.6) is 17.2 Å². The van der Waals surface area contributed by atoms with Crippen LogP contribution in [0.15, 0.2) is 36.4 Å². The lowest BCUT2D eigenvalue weighted by atomic mass is 10.1. The molecule has 3 rings (SSSR count). The molecule has 0 amide bonds. The summed E-state index contributed by atoms with van der Waals surface area (Å²) in [5.74, 6) is 2.15. The number of nitrogens with zero attached hydrogens (tertiary/aromatic N) is 1. The highest BCUT2D eigenvalue weighted by Crippen LogP contribution is 2.30. The number of ether oxygens (including phenoxy) is 3. The molecule has 0 fully saturated rings. The van der Waals surface area contributed by atoms with Crippen LogP contribution in [0.2, 0.25) is 0 Å². The molecule has 5 heteroatoms. The molecule has 135 valence electrons. The Balaban J connectivity index is 1.94. The van der Waals surface area contributed by atoms with E-state index in [1.165, 1.54) is 0 Å². The first-order valence-corrected chi connectivity index (χ1v) is 8.38. The largest absolute Gasteiger partial charge is 0.497 e. The van der Waals surface area contributed by atoms with E-state index in [0.717, 1.165) is 40.9 Å². The zero-order valence-electron chi connectivity index (χ0n) is 15.5. The predicted octanol–water partition coefficient (Wildman–Crippen LogP) is 3.68. The number of rotatable bonds is 7. The molecule has 1 radical (unpaired) electrons. The van der Waals surface area contributed by atoms with Gasteiger partial charge in [-0.05, 0) is 49.2 Å². The Labute approximate surface area is 153 Å². The number of carbonyl (C=O) groups excluding carboxylic acids is 1. The maximum atomic E-state index is 11.5. The number of aromatic nitrogens is 1. The fourth-order valence-electron chi connectivity index (χ4n) is 3.28. The van der Waals surface area contributed by atoms with Gasteiger partial charge in [0.2, 0.25) is 6.29 Å². The summed E-state index contributed by atoms with van der Waals surface area (Å²) >= 11 is 0. The van der Waals surface area contributed by atoms with Crippen LogP contribution >= 0.6 is 0 Å². The number of fused-ring (bicyclic) bond motifs is 1. The van der Waals surface area contributed by atoms with Crippen LogP contribution in [0, 0.1) is 6.92 Å². The minimum Gasteiger partial charge on any atom is -0.497 e. The smallest absolute Gasteiger partial charge is 0.236 e. The number of aryl methyl sites for hydroxylation is 2. The first kappa shape index (κ1) is 17.9. The first-order valence-electron chi connectivity index (χ1n) is 8.38. The molecular weight excluding hydrogens is 330 g/mol. The van der Waals surface area contributed by atoms with Crippen molar-refractivity contribution in [2.45, 2.75) is 19.9 Å². The van der Waals surface area contributed by atoms with Gasteiger partial charge in [-0.1, -0.05) is 6.07 Å². The van der Waals surface area contributed by atoms with Gasteiger partial charge in [-0.2, -0.15) is 0 Å². The van der Waals surface area contributed by atoms with Crippen molar-refractivity contribution < 1.29 is 19.0 Å². The molecule has 0 bridgehead atoms. The molecule has 26 heavy (non-hydrogen) atoms. The zero-order chi connectivity index (χ0) is 18.7. The topological polar surface area (TPSA) is 49.7 Å². The molecule has 3 aromatic rings. The van der Waals surface area contributed by atoms with Gasteiger partial charge in [0.05, 0.1) is 26.9 Å². The van der Waals surface area contributed by atoms with Crippen LogP contribution in [0.3, 0.4) is 0 Å². The van der Waals surface area contributed by atoms with Crippen molar-refractivity contribution in [3.8, 4) is 17.2 Å². The zero-order valence-corrected chi connectivity index (χ0v) is 15.5. The fraction of sp³-hybridized carbons (Fsp3) is 0.286. The monoisotopic (exact) mass is 352 g/mol. The van der Waals surface area contributed by atoms with E-state index in [1.807, 2.05) is 43.3 Å². The van der Waals surface area contributed by atoms with E-state index in [4.69, 9.17) is 14.2 Å². The van der Waals surface area contributed by atoms with Crippen molar-refractivity contribution in [2.75, 3.05) is 21.3 Å². The van der Waals surface area contributed by atoms with Crippen LogP contribution in [-0.2, 0) is 17.8 Å². The van der Waals surface area contributed by atoms with E-state index in [0.29, 0.717) is 17.1 Å².